The van der Waals surface area contributed by atoms with Crippen molar-refractivity contribution < 1.29 is 0 Å². The normalized spacial score (nSPS) is 12.5. The van der Waals surface area contributed by atoms with Crippen LogP contribution in [0.3, 0.4) is 0 Å². The van der Waals surface area contributed by atoms with E-state index < -0.39 is 0 Å². The molecule has 1 heterocycles. The fourth-order valence-electron chi connectivity index (χ4n) is 2.58. The second-order valence-electron chi connectivity index (χ2n) is 5.54. The smallest absolute Gasteiger partial charge is 0.0671 e. The van der Waals surface area contributed by atoms with E-state index in [1.807, 2.05) is 11.3 Å². The third-order valence-corrected chi connectivity index (χ3v) is 5.06. The number of benzene rings is 1. The molecule has 21 heavy (non-hydrogen) atoms. The number of thiophene rings is 1. The number of rotatable bonds is 8. The monoisotopic (exact) mass is 301 g/mol. The van der Waals surface area contributed by atoms with Crippen molar-refractivity contribution in [3.63, 3.8) is 0 Å². The summed E-state index contributed by atoms with van der Waals surface area (Å²) in [5, 5.41) is 3.70. The lowest BCUT2D eigenvalue weighted by Gasteiger charge is -2.18. The second-order valence-corrected chi connectivity index (χ2v) is 6.74. The van der Waals surface area contributed by atoms with Crippen LogP contribution < -0.4 is 5.32 Å². The SMILES string of the molecule is CCCNC(c1ccc(CCC)cc1)c1ccc(CC)s1. The van der Waals surface area contributed by atoms with Gasteiger partial charge in [-0.05, 0) is 49.1 Å². The van der Waals surface area contributed by atoms with Gasteiger partial charge >= 0.3 is 0 Å². The topological polar surface area (TPSA) is 12.0 Å². The zero-order valence-corrected chi connectivity index (χ0v) is 14.3. The fraction of sp³-hybridized carbons (Fsp3) is 0.474. The molecule has 1 atom stereocenters. The molecule has 1 unspecified atom stereocenters. The first-order valence-electron chi connectivity index (χ1n) is 8.19. The first-order valence-corrected chi connectivity index (χ1v) is 9.00. The Morgan fingerprint density at radius 3 is 2.29 bits per heavy atom. The molecule has 2 aromatic rings. The van der Waals surface area contributed by atoms with Crippen molar-refractivity contribution in [1.29, 1.82) is 0 Å². The van der Waals surface area contributed by atoms with E-state index in [4.69, 9.17) is 0 Å². The highest BCUT2D eigenvalue weighted by Gasteiger charge is 2.15. The molecule has 114 valence electrons. The van der Waals surface area contributed by atoms with E-state index in [0.717, 1.165) is 19.4 Å². The molecule has 1 N–H and O–H groups in total. The lowest BCUT2D eigenvalue weighted by molar-refractivity contribution is 0.605. The summed E-state index contributed by atoms with van der Waals surface area (Å²) in [6.07, 6.45) is 4.67. The van der Waals surface area contributed by atoms with E-state index in [2.05, 4.69) is 62.5 Å². The maximum atomic E-state index is 3.70. The van der Waals surface area contributed by atoms with Crippen LogP contribution in [0.25, 0.3) is 0 Å². The Kier molecular flexibility index (Phi) is 6.47. The predicted octanol–water partition coefficient (Wildman–Crippen LogP) is 5.35. The quantitative estimate of drug-likeness (QED) is 0.693. The van der Waals surface area contributed by atoms with Crippen molar-refractivity contribution in [3.8, 4) is 0 Å². The van der Waals surface area contributed by atoms with Gasteiger partial charge in [0.15, 0.2) is 0 Å². The maximum Gasteiger partial charge on any atom is 0.0671 e. The molecule has 0 saturated carbocycles. The van der Waals surface area contributed by atoms with Crippen molar-refractivity contribution in [2.24, 2.45) is 0 Å². The number of hydrogen-bond donors (Lipinski definition) is 1. The summed E-state index contributed by atoms with van der Waals surface area (Å²) >= 11 is 1.94. The van der Waals surface area contributed by atoms with Gasteiger partial charge in [0.2, 0.25) is 0 Å². The molecule has 0 fully saturated rings. The molecule has 0 bridgehead atoms. The minimum atomic E-state index is 0.339. The molecule has 0 amide bonds. The van der Waals surface area contributed by atoms with E-state index in [1.165, 1.54) is 33.7 Å². The van der Waals surface area contributed by atoms with E-state index in [9.17, 15) is 0 Å². The molecule has 0 aliphatic rings. The molecule has 0 spiro atoms. The van der Waals surface area contributed by atoms with Crippen LogP contribution >= 0.6 is 11.3 Å². The summed E-state index contributed by atoms with van der Waals surface area (Å²) in [4.78, 5) is 2.90. The second kappa shape index (κ2) is 8.35. The first-order chi connectivity index (χ1) is 10.3. The van der Waals surface area contributed by atoms with E-state index in [0.29, 0.717) is 6.04 Å². The van der Waals surface area contributed by atoms with Gasteiger partial charge in [0.05, 0.1) is 6.04 Å². The Morgan fingerprint density at radius 1 is 0.952 bits per heavy atom. The van der Waals surface area contributed by atoms with Gasteiger partial charge < -0.3 is 5.32 Å². The molecule has 1 aromatic carbocycles. The highest BCUT2D eigenvalue weighted by molar-refractivity contribution is 7.12. The molecule has 1 nitrogen and oxygen atoms in total. The van der Waals surface area contributed by atoms with E-state index in [-0.39, 0.29) is 0 Å². The summed E-state index contributed by atoms with van der Waals surface area (Å²) in [7, 11) is 0. The lowest BCUT2D eigenvalue weighted by Crippen LogP contribution is -2.22. The minimum Gasteiger partial charge on any atom is -0.306 e. The Bertz CT molecular complexity index is 527. The fourth-order valence-corrected chi connectivity index (χ4v) is 3.63. The summed E-state index contributed by atoms with van der Waals surface area (Å²) in [6.45, 7) is 7.74. The van der Waals surface area contributed by atoms with Gasteiger partial charge in [0.25, 0.3) is 0 Å². The summed E-state index contributed by atoms with van der Waals surface area (Å²) < 4.78 is 0. The lowest BCUT2D eigenvalue weighted by atomic mass is 10.0. The van der Waals surface area contributed by atoms with Gasteiger partial charge in [-0.3, -0.25) is 0 Å². The molecule has 0 radical (unpaired) electrons. The number of hydrogen-bond acceptors (Lipinski definition) is 2. The largest absolute Gasteiger partial charge is 0.306 e. The van der Waals surface area contributed by atoms with E-state index in [1.54, 1.807) is 0 Å². The Balaban J connectivity index is 2.21. The Morgan fingerprint density at radius 2 is 1.71 bits per heavy atom. The van der Waals surface area contributed by atoms with Gasteiger partial charge in [-0.2, -0.15) is 0 Å². The summed E-state index contributed by atoms with van der Waals surface area (Å²) in [6, 6.07) is 14.1. The van der Waals surface area contributed by atoms with Gasteiger partial charge in [-0.1, -0.05) is 51.5 Å². The average Bonchev–Trinajstić information content (AvgIpc) is 2.98. The van der Waals surface area contributed by atoms with Crippen molar-refractivity contribution in [3.05, 3.63) is 57.3 Å². The van der Waals surface area contributed by atoms with Gasteiger partial charge in [0, 0.05) is 9.75 Å². The molecular weight excluding hydrogens is 274 g/mol. The molecule has 0 aliphatic heterocycles. The predicted molar refractivity (Wildman–Crippen MR) is 94.3 cm³/mol. The molecule has 2 rings (SSSR count). The Labute approximate surface area is 133 Å². The standard InChI is InChI=1S/C19H27NS/c1-4-7-15-8-10-16(11-9-15)19(20-14-5-2)18-13-12-17(6-3)21-18/h8-13,19-20H,4-7,14H2,1-3H3. The van der Waals surface area contributed by atoms with Crippen molar-refractivity contribution in [2.75, 3.05) is 6.54 Å². The molecule has 1 aromatic heterocycles. The van der Waals surface area contributed by atoms with Crippen LogP contribution in [0.4, 0.5) is 0 Å². The summed E-state index contributed by atoms with van der Waals surface area (Å²) in [5.74, 6) is 0. The van der Waals surface area contributed by atoms with Crippen LogP contribution in [-0.2, 0) is 12.8 Å². The maximum absolute atomic E-state index is 3.70. The van der Waals surface area contributed by atoms with Gasteiger partial charge in [-0.15, -0.1) is 11.3 Å². The average molecular weight is 301 g/mol. The number of nitrogens with one attached hydrogen (secondary N) is 1. The van der Waals surface area contributed by atoms with Crippen LogP contribution in [0.15, 0.2) is 36.4 Å². The van der Waals surface area contributed by atoms with E-state index >= 15 is 0 Å². The number of aryl methyl sites for hydroxylation is 2. The first kappa shape index (κ1) is 16.3. The van der Waals surface area contributed by atoms with Gasteiger partial charge in [0.1, 0.15) is 0 Å². The van der Waals surface area contributed by atoms with Crippen LogP contribution in [0, 0.1) is 0 Å². The molecule has 0 aliphatic carbocycles. The molecular formula is C19H27NS. The van der Waals surface area contributed by atoms with Crippen LogP contribution in [-0.4, -0.2) is 6.54 Å². The van der Waals surface area contributed by atoms with Crippen LogP contribution in [0.1, 0.15) is 60.5 Å². The van der Waals surface area contributed by atoms with Crippen LogP contribution in [0.2, 0.25) is 0 Å². The minimum absolute atomic E-state index is 0.339. The zero-order chi connectivity index (χ0) is 15.1. The molecule has 2 heteroatoms. The van der Waals surface area contributed by atoms with Crippen molar-refractivity contribution in [2.45, 2.75) is 52.5 Å². The third kappa shape index (κ3) is 4.42. The molecule has 0 saturated heterocycles. The highest BCUT2D eigenvalue weighted by atomic mass is 32.1. The van der Waals surface area contributed by atoms with Crippen molar-refractivity contribution >= 4 is 11.3 Å². The van der Waals surface area contributed by atoms with Gasteiger partial charge in [-0.25, -0.2) is 0 Å². The summed E-state index contributed by atoms with van der Waals surface area (Å²) in [5.41, 5.74) is 2.82. The Hall–Kier alpha value is -1.12. The highest BCUT2D eigenvalue weighted by Crippen LogP contribution is 2.29. The van der Waals surface area contributed by atoms with Crippen molar-refractivity contribution in [1.82, 2.24) is 5.32 Å². The zero-order valence-electron chi connectivity index (χ0n) is 13.5. The van der Waals surface area contributed by atoms with Crippen LogP contribution in [0.5, 0.6) is 0 Å². The third-order valence-electron chi connectivity index (χ3n) is 3.77.